The van der Waals surface area contributed by atoms with Crippen molar-refractivity contribution >= 4 is 66.7 Å². The first-order valence-electron chi connectivity index (χ1n) is 33.3. The molecular weight excluding hydrogens is 1150 g/mol. The Labute approximate surface area is 555 Å². The summed E-state index contributed by atoms with van der Waals surface area (Å²) in [6, 6.07) is 110. The standard InChI is InChI=1S/C90H67BN4/c1-89(2,3)73-39-41-75-86-83(73)71-51-62(56-25-13-7-14-26-56)37-43-79(71)94(86)81-53-69(54-82-85(81)91(75)76-42-40-74(90(4,5)6)84-72-52-63(57-27-15-8-16-28-57)38-44-80(72)95(82)87(76)84)78-55-77(68-47-64(58-29-17-9-18-30-58)45-65(48-68)59-31-19-10-20-32-59)92-88(93-78)70-49-66(60-33-21-11-22-34-60)46-67(50-70)61-35-23-12-24-36-61/h7-55H,1-6H3. The van der Waals surface area contributed by atoms with Crippen LogP contribution in [0, 0.1) is 0 Å². The zero-order valence-electron chi connectivity index (χ0n) is 54.2. The number of hydrogen-bond acceptors (Lipinski definition) is 2. The summed E-state index contributed by atoms with van der Waals surface area (Å²) < 4.78 is 5.28. The van der Waals surface area contributed by atoms with Crippen LogP contribution in [0.4, 0.5) is 0 Å². The predicted molar refractivity (Wildman–Crippen MR) is 402 cm³/mol. The SMILES string of the molecule is CC(C)(C)c1ccc2c3c1c1cc(-c4ccccc4)ccc1n3-c1cc(-c3cc(-c4cc(-c5ccccc5)cc(-c5ccccc5)c4)nc(-c4cc(-c5ccccc5)cc(-c5ccccc5)c4)n3)cc3c1B2c1ccc(C(C)(C)C)c2c4cc(-c5ccccc5)ccc4n-3c12. The van der Waals surface area contributed by atoms with E-state index in [2.05, 4.69) is 348 Å². The van der Waals surface area contributed by atoms with E-state index in [4.69, 9.17) is 9.97 Å². The van der Waals surface area contributed by atoms with Crippen molar-refractivity contribution in [2.75, 3.05) is 0 Å². The summed E-state index contributed by atoms with van der Waals surface area (Å²) >= 11 is 0. The zero-order valence-corrected chi connectivity index (χ0v) is 54.2. The summed E-state index contributed by atoms with van der Waals surface area (Å²) in [7, 11) is 0. The van der Waals surface area contributed by atoms with Crippen molar-refractivity contribution in [3.05, 3.63) is 308 Å². The summed E-state index contributed by atoms with van der Waals surface area (Å²) in [5, 5.41) is 5.13. The van der Waals surface area contributed by atoms with E-state index in [1.54, 1.807) is 0 Å². The highest BCUT2D eigenvalue weighted by molar-refractivity contribution is 7.00. The third-order valence-electron chi connectivity index (χ3n) is 20.1. The van der Waals surface area contributed by atoms with Crippen molar-refractivity contribution in [2.24, 2.45) is 0 Å². The zero-order chi connectivity index (χ0) is 63.8. The molecule has 18 rings (SSSR count). The largest absolute Gasteiger partial charge is 0.310 e. The highest BCUT2D eigenvalue weighted by Crippen LogP contribution is 2.47. The molecule has 2 aliphatic heterocycles. The van der Waals surface area contributed by atoms with Gasteiger partial charge in [-0.25, -0.2) is 9.97 Å². The minimum Gasteiger partial charge on any atom is -0.310 e. The normalized spacial score (nSPS) is 12.5. The molecule has 0 atom stereocenters. The fourth-order valence-corrected chi connectivity index (χ4v) is 15.7. The highest BCUT2D eigenvalue weighted by atomic mass is 15.0. The van der Waals surface area contributed by atoms with E-state index in [1.807, 2.05) is 0 Å². The number of hydrogen-bond donors (Lipinski definition) is 0. The molecule has 0 unspecified atom stereocenters. The lowest BCUT2D eigenvalue weighted by Gasteiger charge is -2.35. The molecule has 0 saturated carbocycles. The summed E-state index contributed by atoms with van der Waals surface area (Å²) in [6.45, 7) is 14.2. The monoisotopic (exact) mass is 1210 g/mol. The van der Waals surface area contributed by atoms with Crippen molar-refractivity contribution in [1.82, 2.24) is 19.1 Å². The fourth-order valence-electron chi connectivity index (χ4n) is 15.7. The molecule has 0 bridgehead atoms. The third-order valence-corrected chi connectivity index (χ3v) is 20.1. The van der Waals surface area contributed by atoms with Gasteiger partial charge >= 0.3 is 0 Å². The first kappa shape index (κ1) is 56.4. The van der Waals surface area contributed by atoms with Gasteiger partial charge in [0.05, 0.1) is 22.4 Å². The molecular formula is C90H67BN4. The van der Waals surface area contributed by atoms with Crippen LogP contribution in [0.2, 0.25) is 0 Å². The Morgan fingerprint density at radius 2 is 0.589 bits per heavy atom. The molecule has 0 spiro atoms. The lowest BCUT2D eigenvalue weighted by molar-refractivity contribution is 0.596. The van der Waals surface area contributed by atoms with Gasteiger partial charge < -0.3 is 9.13 Å². The molecule has 5 heteroatoms. The predicted octanol–water partition coefficient (Wildman–Crippen LogP) is 21.4. The molecule has 0 saturated heterocycles. The van der Waals surface area contributed by atoms with Crippen LogP contribution in [0.15, 0.2) is 297 Å². The average Bonchev–Trinajstić information content (AvgIpc) is 1.55. The number of aromatic nitrogens is 4. The number of nitrogens with zero attached hydrogens (tertiary/aromatic N) is 4. The van der Waals surface area contributed by atoms with Crippen LogP contribution in [0.25, 0.3) is 156 Å². The van der Waals surface area contributed by atoms with E-state index in [-0.39, 0.29) is 17.5 Å². The molecule has 0 N–H and O–H groups in total. The van der Waals surface area contributed by atoms with E-state index < -0.39 is 0 Å². The Kier molecular flexibility index (Phi) is 12.8. The molecule has 3 aromatic heterocycles. The van der Waals surface area contributed by atoms with Crippen molar-refractivity contribution in [2.45, 2.75) is 52.4 Å². The molecule has 4 nitrogen and oxygen atoms in total. The summed E-state index contributed by atoms with van der Waals surface area (Å²) in [5.41, 5.74) is 31.8. The van der Waals surface area contributed by atoms with Gasteiger partial charge in [0, 0.05) is 60.6 Å². The summed E-state index contributed by atoms with van der Waals surface area (Å²) in [6.07, 6.45) is 0. The molecule has 13 aromatic carbocycles. The Balaban J connectivity index is 0.983. The van der Waals surface area contributed by atoms with Crippen molar-refractivity contribution in [1.29, 1.82) is 0 Å². The molecule has 2 aliphatic rings. The van der Waals surface area contributed by atoms with Gasteiger partial charge in [0.1, 0.15) is 0 Å². The minimum absolute atomic E-state index is 0.0938. The van der Waals surface area contributed by atoms with Crippen molar-refractivity contribution < 1.29 is 0 Å². The summed E-state index contributed by atoms with van der Waals surface area (Å²) in [4.78, 5) is 11.7. The Morgan fingerprint density at radius 1 is 0.274 bits per heavy atom. The number of rotatable bonds is 9. The van der Waals surface area contributed by atoms with Gasteiger partial charge in [-0.05, 0) is 184 Å². The van der Waals surface area contributed by atoms with Gasteiger partial charge in [0.2, 0.25) is 0 Å². The second-order valence-electron chi connectivity index (χ2n) is 28.1. The topological polar surface area (TPSA) is 35.6 Å². The lowest BCUT2D eigenvalue weighted by atomic mass is 9.34. The van der Waals surface area contributed by atoms with Crippen LogP contribution in [0.3, 0.4) is 0 Å². The minimum atomic E-state index is -0.172. The Hall–Kier alpha value is -11.4. The second kappa shape index (κ2) is 21.6. The van der Waals surface area contributed by atoms with Crippen LogP contribution >= 0.6 is 0 Å². The third kappa shape index (κ3) is 9.27. The van der Waals surface area contributed by atoms with E-state index in [1.165, 1.54) is 93.4 Å². The smallest absolute Gasteiger partial charge is 0.252 e. The quantitative estimate of drug-likeness (QED) is 0.135. The molecule has 0 fully saturated rings. The van der Waals surface area contributed by atoms with Gasteiger partial charge in [0.25, 0.3) is 6.71 Å². The van der Waals surface area contributed by atoms with Crippen molar-refractivity contribution in [3.63, 3.8) is 0 Å². The molecule has 450 valence electrons. The molecule has 16 aromatic rings. The first-order chi connectivity index (χ1) is 46.4. The fraction of sp³-hybridized carbons (Fsp3) is 0.0889. The van der Waals surface area contributed by atoms with Gasteiger partial charge in [-0.3, -0.25) is 0 Å². The number of benzene rings is 13. The maximum atomic E-state index is 5.93. The molecule has 0 radical (unpaired) electrons. The second-order valence-corrected chi connectivity index (χ2v) is 28.1. The molecule has 95 heavy (non-hydrogen) atoms. The average molecular weight is 1220 g/mol. The number of fused-ring (bicyclic) bond motifs is 10. The van der Waals surface area contributed by atoms with Gasteiger partial charge in [-0.15, -0.1) is 0 Å². The van der Waals surface area contributed by atoms with Crippen LogP contribution in [-0.4, -0.2) is 25.8 Å². The van der Waals surface area contributed by atoms with E-state index in [0.717, 1.165) is 84.0 Å². The molecule has 0 amide bonds. The molecule has 0 aliphatic carbocycles. The molecule has 5 heterocycles. The van der Waals surface area contributed by atoms with Crippen LogP contribution in [0.5, 0.6) is 0 Å². The first-order valence-corrected chi connectivity index (χ1v) is 33.3. The van der Waals surface area contributed by atoms with E-state index in [0.29, 0.717) is 5.82 Å². The van der Waals surface area contributed by atoms with Crippen molar-refractivity contribution in [3.8, 4) is 112 Å². The Bertz CT molecular complexity index is 5290. The van der Waals surface area contributed by atoms with Crippen LogP contribution in [-0.2, 0) is 10.8 Å². The summed E-state index contributed by atoms with van der Waals surface area (Å²) in [5.74, 6) is 0.646. The maximum Gasteiger partial charge on any atom is 0.252 e. The van der Waals surface area contributed by atoms with Crippen LogP contribution < -0.4 is 16.4 Å². The van der Waals surface area contributed by atoms with Gasteiger partial charge in [-0.1, -0.05) is 260 Å². The van der Waals surface area contributed by atoms with E-state index in [9.17, 15) is 0 Å². The van der Waals surface area contributed by atoms with E-state index >= 15 is 0 Å². The highest BCUT2D eigenvalue weighted by Gasteiger charge is 2.43. The lowest BCUT2D eigenvalue weighted by Crippen LogP contribution is -2.59. The van der Waals surface area contributed by atoms with Gasteiger partial charge in [0.15, 0.2) is 5.82 Å². The van der Waals surface area contributed by atoms with Crippen LogP contribution in [0.1, 0.15) is 52.7 Å². The van der Waals surface area contributed by atoms with Gasteiger partial charge in [-0.2, -0.15) is 0 Å². The maximum absolute atomic E-state index is 5.93. The Morgan fingerprint density at radius 3 is 0.937 bits per heavy atom.